The van der Waals surface area contributed by atoms with Crippen LogP contribution >= 0.6 is 0 Å². The molecular formula is C17H25N5O. The van der Waals surface area contributed by atoms with Crippen LogP contribution in [-0.4, -0.2) is 55.1 Å². The Bertz CT molecular complexity index is 563. The van der Waals surface area contributed by atoms with E-state index < -0.39 is 0 Å². The molecule has 1 atom stereocenters. The molecule has 1 aromatic heterocycles. The van der Waals surface area contributed by atoms with Crippen molar-refractivity contribution in [3.63, 3.8) is 0 Å². The van der Waals surface area contributed by atoms with Gasteiger partial charge in [0.25, 0.3) is 0 Å². The van der Waals surface area contributed by atoms with Gasteiger partial charge in [-0.15, -0.1) is 0 Å². The third-order valence-corrected chi connectivity index (χ3v) is 4.28. The zero-order valence-corrected chi connectivity index (χ0v) is 14.1. The second-order valence-electron chi connectivity index (χ2n) is 6.42. The Hall–Kier alpha value is -2.13. The van der Waals surface area contributed by atoms with Crippen LogP contribution in [0.2, 0.25) is 0 Å². The summed E-state index contributed by atoms with van der Waals surface area (Å²) in [5.41, 5.74) is 0.516. The van der Waals surface area contributed by atoms with Crippen LogP contribution in [-0.2, 0) is 4.79 Å². The summed E-state index contributed by atoms with van der Waals surface area (Å²) < 4.78 is 0. The van der Waals surface area contributed by atoms with E-state index in [1.807, 2.05) is 13.1 Å². The largest absolute Gasteiger partial charge is 0.354 e. The molecule has 1 fully saturated rings. The fourth-order valence-electron chi connectivity index (χ4n) is 2.79. The van der Waals surface area contributed by atoms with Gasteiger partial charge in [0.2, 0.25) is 5.91 Å². The molecule has 6 heteroatoms. The zero-order chi connectivity index (χ0) is 16.8. The lowest BCUT2D eigenvalue weighted by Gasteiger charge is -2.21. The fraction of sp³-hybridized carbons (Fsp3) is 0.588. The van der Waals surface area contributed by atoms with Gasteiger partial charge in [-0.3, -0.25) is 4.79 Å². The maximum absolute atomic E-state index is 12.1. The quantitative estimate of drug-likeness (QED) is 0.855. The van der Waals surface area contributed by atoms with E-state index in [1.165, 1.54) is 6.20 Å². The first-order valence-corrected chi connectivity index (χ1v) is 8.07. The van der Waals surface area contributed by atoms with Crippen LogP contribution in [0, 0.1) is 17.2 Å². The number of nitriles is 1. The number of aromatic nitrogens is 1. The number of carbonyl (C=O) groups excluding carboxylic acids is 1. The number of amides is 1. The Labute approximate surface area is 138 Å². The predicted octanol–water partition coefficient (Wildman–Crippen LogP) is 1.24. The minimum Gasteiger partial charge on any atom is -0.354 e. The second kappa shape index (κ2) is 7.93. The van der Waals surface area contributed by atoms with E-state index in [1.54, 1.807) is 17.0 Å². The molecule has 1 N–H and O–H groups in total. The van der Waals surface area contributed by atoms with Crippen molar-refractivity contribution in [3.8, 4) is 6.07 Å². The first-order valence-electron chi connectivity index (χ1n) is 8.07. The lowest BCUT2D eigenvalue weighted by molar-refractivity contribution is -0.119. The average Bonchev–Trinajstić information content (AvgIpc) is 3.02. The molecule has 0 aliphatic carbocycles. The first kappa shape index (κ1) is 17.2. The monoisotopic (exact) mass is 315 g/mol. The van der Waals surface area contributed by atoms with E-state index in [-0.39, 0.29) is 12.5 Å². The molecule has 0 radical (unpaired) electrons. The number of hydrogen-bond acceptors (Lipinski definition) is 5. The maximum atomic E-state index is 12.1. The minimum atomic E-state index is 0.00153. The number of rotatable bonds is 6. The Morgan fingerprint density at radius 1 is 1.57 bits per heavy atom. The Morgan fingerprint density at radius 2 is 2.35 bits per heavy atom. The first-order chi connectivity index (χ1) is 11.0. The molecule has 23 heavy (non-hydrogen) atoms. The fourth-order valence-corrected chi connectivity index (χ4v) is 2.79. The van der Waals surface area contributed by atoms with Crippen LogP contribution in [0.5, 0.6) is 0 Å². The number of likely N-dealkylation sites (tertiary alicyclic amines) is 1. The van der Waals surface area contributed by atoms with E-state index in [0.717, 1.165) is 26.1 Å². The van der Waals surface area contributed by atoms with Crippen LogP contribution in [0.3, 0.4) is 0 Å². The van der Waals surface area contributed by atoms with Crippen LogP contribution in [0.4, 0.5) is 5.82 Å². The third kappa shape index (κ3) is 4.93. The van der Waals surface area contributed by atoms with E-state index in [2.05, 4.69) is 29.0 Å². The van der Waals surface area contributed by atoms with Crippen molar-refractivity contribution in [3.05, 3.63) is 23.9 Å². The highest BCUT2D eigenvalue weighted by Crippen LogP contribution is 2.17. The van der Waals surface area contributed by atoms with E-state index in [9.17, 15) is 4.79 Å². The van der Waals surface area contributed by atoms with E-state index >= 15 is 0 Å². The summed E-state index contributed by atoms with van der Waals surface area (Å²) in [4.78, 5) is 20.5. The molecule has 1 aliphatic heterocycles. The van der Waals surface area contributed by atoms with Crippen LogP contribution in [0.15, 0.2) is 18.3 Å². The molecule has 124 valence electrons. The topological polar surface area (TPSA) is 72.3 Å². The van der Waals surface area contributed by atoms with Gasteiger partial charge in [0, 0.05) is 32.4 Å². The molecule has 1 aliphatic rings. The molecule has 0 aromatic carbocycles. The summed E-state index contributed by atoms with van der Waals surface area (Å²) >= 11 is 0. The summed E-state index contributed by atoms with van der Waals surface area (Å²) in [5, 5.41) is 11.8. The molecule has 1 saturated heterocycles. The van der Waals surface area contributed by atoms with Crippen LogP contribution < -0.4 is 10.2 Å². The van der Waals surface area contributed by atoms with Gasteiger partial charge in [0.05, 0.1) is 12.1 Å². The molecule has 2 rings (SSSR count). The van der Waals surface area contributed by atoms with Gasteiger partial charge in [0.1, 0.15) is 11.9 Å². The molecule has 0 unspecified atom stereocenters. The summed E-state index contributed by atoms with van der Waals surface area (Å²) in [5.74, 6) is 1.23. The second-order valence-corrected chi connectivity index (χ2v) is 6.42. The highest BCUT2D eigenvalue weighted by atomic mass is 16.2. The third-order valence-electron chi connectivity index (χ3n) is 4.28. The SMILES string of the molecule is CC(C)N1CC[C@@H](CNC(=O)CN(C)c2ccc(C#N)cn2)C1. The molecular weight excluding hydrogens is 290 g/mol. The maximum Gasteiger partial charge on any atom is 0.239 e. The number of nitrogens with zero attached hydrogens (tertiary/aromatic N) is 4. The van der Waals surface area contributed by atoms with Crippen LogP contribution in [0.1, 0.15) is 25.8 Å². The highest BCUT2D eigenvalue weighted by molar-refractivity contribution is 5.80. The molecule has 1 aromatic rings. The van der Waals surface area contributed by atoms with E-state index in [0.29, 0.717) is 23.3 Å². The van der Waals surface area contributed by atoms with Gasteiger partial charge in [0.15, 0.2) is 0 Å². The normalized spacial score (nSPS) is 18.0. The van der Waals surface area contributed by atoms with Crippen molar-refractivity contribution >= 4 is 11.7 Å². The summed E-state index contributed by atoms with van der Waals surface area (Å²) in [7, 11) is 1.82. The van der Waals surface area contributed by atoms with Gasteiger partial charge < -0.3 is 15.1 Å². The Balaban J connectivity index is 1.75. The number of anilines is 1. The van der Waals surface area contributed by atoms with Crippen molar-refractivity contribution in [1.82, 2.24) is 15.2 Å². The highest BCUT2D eigenvalue weighted by Gasteiger charge is 2.24. The molecule has 6 nitrogen and oxygen atoms in total. The van der Waals surface area contributed by atoms with Crippen molar-refractivity contribution in [1.29, 1.82) is 5.26 Å². The summed E-state index contributed by atoms with van der Waals surface area (Å²) in [6.45, 7) is 7.59. The molecule has 0 saturated carbocycles. The molecule has 1 amide bonds. The number of nitrogens with one attached hydrogen (secondary N) is 1. The van der Waals surface area contributed by atoms with Gasteiger partial charge in [-0.2, -0.15) is 5.26 Å². The van der Waals surface area contributed by atoms with Crippen molar-refractivity contribution < 1.29 is 4.79 Å². The van der Waals surface area contributed by atoms with Gasteiger partial charge in [-0.05, 0) is 44.9 Å². The van der Waals surface area contributed by atoms with Crippen molar-refractivity contribution in [2.24, 2.45) is 5.92 Å². The molecule has 0 bridgehead atoms. The van der Waals surface area contributed by atoms with Crippen molar-refractivity contribution in [2.75, 3.05) is 38.1 Å². The van der Waals surface area contributed by atoms with Gasteiger partial charge in [-0.1, -0.05) is 0 Å². The average molecular weight is 315 g/mol. The number of carbonyl (C=O) groups is 1. The summed E-state index contributed by atoms with van der Waals surface area (Å²) in [6.07, 6.45) is 2.66. The lowest BCUT2D eigenvalue weighted by Crippen LogP contribution is -2.38. The predicted molar refractivity (Wildman–Crippen MR) is 90.0 cm³/mol. The molecule has 0 spiro atoms. The lowest BCUT2D eigenvalue weighted by atomic mass is 10.1. The summed E-state index contributed by atoms with van der Waals surface area (Å²) in [6, 6.07) is 6.06. The smallest absolute Gasteiger partial charge is 0.239 e. The molecule has 2 heterocycles. The Morgan fingerprint density at radius 3 is 2.91 bits per heavy atom. The van der Waals surface area contributed by atoms with Crippen molar-refractivity contribution in [2.45, 2.75) is 26.3 Å². The number of hydrogen-bond donors (Lipinski definition) is 1. The van der Waals surface area contributed by atoms with Gasteiger partial charge in [-0.25, -0.2) is 4.98 Å². The van der Waals surface area contributed by atoms with Crippen LogP contribution in [0.25, 0.3) is 0 Å². The minimum absolute atomic E-state index is 0.00153. The van der Waals surface area contributed by atoms with Gasteiger partial charge >= 0.3 is 0 Å². The zero-order valence-electron chi connectivity index (χ0n) is 14.1. The standard InChI is InChI=1S/C17H25N5O/c1-13(2)22-7-6-15(11-22)10-20-17(23)12-21(3)16-5-4-14(8-18)9-19-16/h4-5,9,13,15H,6-7,10-12H2,1-3H3,(H,20,23)/t15-/m0/s1. The number of likely N-dealkylation sites (N-methyl/N-ethyl adjacent to an activating group) is 1. The Kier molecular flexibility index (Phi) is 5.94. The van der Waals surface area contributed by atoms with E-state index in [4.69, 9.17) is 5.26 Å². The number of pyridine rings is 1.